The van der Waals surface area contributed by atoms with E-state index in [4.69, 9.17) is 5.11 Å². The van der Waals surface area contributed by atoms with E-state index < -0.39 is 12.0 Å². The van der Waals surface area contributed by atoms with E-state index in [0.29, 0.717) is 12.8 Å². The average Bonchev–Trinajstić information content (AvgIpc) is 2.81. The number of hydrogen-bond acceptors (Lipinski definition) is 3. The number of nitrogens with one attached hydrogen (secondary N) is 2. The minimum Gasteiger partial charge on any atom is -0.480 e. The highest BCUT2D eigenvalue weighted by Gasteiger charge is 2.29. The van der Waals surface area contributed by atoms with Crippen LogP contribution in [0.4, 0.5) is 5.69 Å². The number of carboxylic acids is 1. The summed E-state index contributed by atoms with van der Waals surface area (Å²) >= 11 is 0. The van der Waals surface area contributed by atoms with Gasteiger partial charge in [-0.1, -0.05) is 32.0 Å². The van der Waals surface area contributed by atoms with Crippen LogP contribution in [0.25, 0.3) is 0 Å². The SMILES string of the molecule is CC(C)C[C@@H](NC(=O)[C@@H]1Cc2ccccc2N1)C(=O)O. The minimum atomic E-state index is -0.984. The van der Waals surface area contributed by atoms with Crippen molar-refractivity contribution in [3.8, 4) is 0 Å². The fourth-order valence-electron chi connectivity index (χ4n) is 2.42. The molecule has 5 nitrogen and oxygen atoms in total. The van der Waals surface area contributed by atoms with E-state index in [2.05, 4.69) is 10.6 Å². The molecule has 0 fully saturated rings. The van der Waals surface area contributed by atoms with Crippen LogP contribution in [0.2, 0.25) is 0 Å². The molecule has 2 atom stereocenters. The van der Waals surface area contributed by atoms with Crippen LogP contribution >= 0.6 is 0 Å². The number of carbonyl (C=O) groups is 2. The van der Waals surface area contributed by atoms with Crippen molar-refractivity contribution in [2.45, 2.75) is 38.8 Å². The zero-order valence-corrected chi connectivity index (χ0v) is 11.7. The maximum atomic E-state index is 12.2. The molecule has 1 aromatic rings. The van der Waals surface area contributed by atoms with Gasteiger partial charge in [0.2, 0.25) is 5.91 Å². The van der Waals surface area contributed by atoms with Crippen LogP contribution in [0.3, 0.4) is 0 Å². The van der Waals surface area contributed by atoms with Gasteiger partial charge in [0.25, 0.3) is 0 Å². The molecule has 3 N–H and O–H groups in total. The van der Waals surface area contributed by atoms with E-state index in [9.17, 15) is 9.59 Å². The largest absolute Gasteiger partial charge is 0.480 e. The molecule has 1 aliphatic rings. The molecule has 108 valence electrons. The predicted molar refractivity (Wildman–Crippen MR) is 76.6 cm³/mol. The number of fused-ring (bicyclic) bond motifs is 1. The first-order chi connectivity index (χ1) is 9.47. The van der Waals surface area contributed by atoms with E-state index in [1.54, 1.807) is 0 Å². The van der Waals surface area contributed by atoms with Gasteiger partial charge in [-0.2, -0.15) is 0 Å². The summed E-state index contributed by atoms with van der Waals surface area (Å²) in [5, 5.41) is 14.9. The minimum absolute atomic E-state index is 0.213. The van der Waals surface area contributed by atoms with Crippen molar-refractivity contribution < 1.29 is 14.7 Å². The Kier molecular flexibility index (Phi) is 4.27. The summed E-state index contributed by atoms with van der Waals surface area (Å²) in [7, 11) is 0. The second kappa shape index (κ2) is 5.94. The van der Waals surface area contributed by atoms with Gasteiger partial charge < -0.3 is 15.7 Å². The smallest absolute Gasteiger partial charge is 0.326 e. The second-order valence-electron chi connectivity index (χ2n) is 5.59. The molecule has 5 heteroatoms. The van der Waals surface area contributed by atoms with Crippen LogP contribution in [0.5, 0.6) is 0 Å². The molecule has 0 aliphatic carbocycles. The number of amides is 1. The molecule has 0 saturated heterocycles. The molecular weight excluding hydrogens is 256 g/mol. The lowest BCUT2D eigenvalue weighted by molar-refractivity contribution is -0.142. The van der Waals surface area contributed by atoms with E-state index in [0.717, 1.165) is 11.3 Å². The van der Waals surface area contributed by atoms with Crippen molar-refractivity contribution >= 4 is 17.6 Å². The molecular formula is C15H20N2O3. The summed E-state index contributed by atoms with van der Waals surface area (Å²) in [6.07, 6.45) is 1.02. The van der Waals surface area contributed by atoms with Gasteiger partial charge in [-0.15, -0.1) is 0 Å². The molecule has 1 aromatic carbocycles. The number of aliphatic carboxylic acids is 1. The number of rotatable bonds is 5. The van der Waals surface area contributed by atoms with Gasteiger partial charge in [0.05, 0.1) is 0 Å². The van der Waals surface area contributed by atoms with Gasteiger partial charge >= 0.3 is 5.97 Å². The van der Waals surface area contributed by atoms with E-state index >= 15 is 0 Å². The van der Waals surface area contributed by atoms with Crippen molar-refractivity contribution in [3.05, 3.63) is 29.8 Å². The fraction of sp³-hybridized carbons (Fsp3) is 0.467. The van der Waals surface area contributed by atoms with Crippen LogP contribution < -0.4 is 10.6 Å². The fourth-order valence-corrected chi connectivity index (χ4v) is 2.42. The van der Waals surface area contributed by atoms with Gasteiger partial charge in [0.15, 0.2) is 0 Å². The highest BCUT2D eigenvalue weighted by molar-refractivity contribution is 5.90. The van der Waals surface area contributed by atoms with Gasteiger partial charge in [-0.3, -0.25) is 4.79 Å². The molecule has 0 radical (unpaired) electrons. The summed E-state index contributed by atoms with van der Waals surface area (Å²) in [5.41, 5.74) is 2.03. The second-order valence-corrected chi connectivity index (χ2v) is 5.59. The molecule has 0 spiro atoms. The Morgan fingerprint density at radius 1 is 1.40 bits per heavy atom. The van der Waals surface area contributed by atoms with Gasteiger partial charge in [0, 0.05) is 12.1 Å². The van der Waals surface area contributed by atoms with Crippen LogP contribution in [-0.4, -0.2) is 29.1 Å². The molecule has 0 aromatic heterocycles. The number of benzene rings is 1. The zero-order chi connectivity index (χ0) is 14.7. The molecule has 0 bridgehead atoms. The lowest BCUT2D eigenvalue weighted by Gasteiger charge is -2.19. The lowest BCUT2D eigenvalue weighted by Crippen LogP contribution is -2.47. The standard InChI is InChI=1S/C15H20N2O3/c1-9(2)7-13(15(19)20)17-14(18)12-8-10-5-3-4-6-11(10)16-12/h3-6,9,12-13,16H,7-8H2,1-2H3,(H,17,18)(H,19,20)/t12-,13+/m0/s1. The van der Waals surface area contributed by atoms with Gasteiger partial charge in [-0.25, -0.2) is 4.79 Å². The summed E-state index contributed by atoms with van der Waals surface area (Å²) in [6.45, 7) is 3.87. The third-order valence-electron chi connectivity index (χ3n) is 3.41. The number of anilines is 1. The molecule has 1 amide bonds. The zero-order valence-electron chi connectivity index (χ0n) is 11.7. The summed E-state index contributed by atoms with van der Waals surface area (Å²) in [4.78, 5) is 23.3. The van der Waals surface area contributed by atoms with Crippen LogP contribution in [0.15, 0.2) is 24.3 Å². The third kappa shape index (κ3) is 3.29. The molecule has 1 aliphatic heterocycles. The van der Waals surface area contributed by atoms with Crippen LogP contribution in [0, 0.1) is 5.92 Å². The summed E-state index contributed by atoms with van der Waals surface area (Å²) in [5.74, 6) is -1.03. The Morgan fingerprint density at radius 2 is 2.10 bits per heavy atom. The van der Waals surface area contributed by atoms with E-state index in [-0.39, 0.29) is 17.9 Å². The summed E-state index contributed by atoms with van der Waals surface area (Å²) < 4.78 is 0. The van der Waals surface area contributed by atoms with Crippen LogP contribution in [-0.2, 0) is 16.0 Å². The maximum Gasteiger partial charge on any atom is 0.326 e. The highest BCUT2D eigenvalue weighted by atomic mass is 16.4. The quantitative estimate of drug-likeness (QED) is 0.764. The molecule has 0 saturated carbocycles. The topological polar surface area (TPSA) is 78.4 Å². The van der Waals surface area contributed by atoms with Crippen molar-refractivity contribution in [2.24, 2.45) is 5.92 Å². The first kappa shape index (κ1) is 14.4. The molecule has 0 unspecified atom stereocenters. The van der Waals surface area contributed by atoms with E-state index in [1.165, 1.54) is 0 Å². The predicted octanol–water partition coefficient (Wildman–Crippen LogP) is 1.64. The Labute approximate surface area is 118 Å². The van der Waals surface area contributed by atoms with E-state index in [1.807, 2.05) is 38.1 Å². The Hall–Kier alpha value is -2.04. The first-order valence-electron chi connectivity index (χ1n) is 6.85. The Bertz CT molecular complexity index is 489. The van der Waals surface area contributed by atoms with Gasteiger partial charge in [-0.05, 0) is 24.0 Å². The molecule has 2 rings (SSSR count). The molecule has 1 heterocycles. The monoisotopic (exact) mass is 276 g/mol. The maximum absolute atomic E-state index is 12.2. The van der Waals surface area contributed by atoms with Crippen molar-refractivity contribution in [1.82, 2.24) is 5.32 Å². The summed E-state index contributed by atoms with van der Waals surface area (Å²) in [6, 6.07) is 6.52. The first-order valence-corrected chi connectivity index (χ1v) is 6.85. The average molecular weight is 276 g/mol. The Morgan fingerprint density at radius 3 is 2.70 bits per heavy atom. The number of carboxylic acid groups (broad SMARTS) is 1. The van der Waals surface area contributed by atoms with Crippen molar-refractivity contribution in [2.75, 3.05) is 5.32 Å². The third-order valence-corrected chi connectivity index (χ3v) is 3.41. The number of hydrogen-bond donors (Lipinski definition) is 3. The normalized spacial score (nSPS) is 18.2. The molecule has 20 heavy (non-hydrogen) atoms. The number of carbonyl (C=O) groups excluding carboxylic acids is 1. The van der Waals surface area contributed by atoms with Crippen molar-refractivity contribution in [3.63, 3.8) is 0 Å². The van der Waals surface area contributed by atoms with Crippen LogP contribution in [0.1, 0.15) is 25.8 Å². The van der Waals surface area contributed by atoms with Crippen molar-refractivity contribution in [1.29, 1.82) is 0 Å². The Balaban J connectivity index is 1.97. The van der Waals surface area contributed by atoms with Gasteiger partial charge in [0.1, 0.15) is 12.1 Å². The number of para-hydroxylation sites is 1. The highest BCUT2D eigenvalue weighted by Crippen LogP contribution is 2.25. The lowest BCUT2D eigenvalue weighted by atomic mass is 10.0.